The van der Waals surface area contributed by atoms with Crippen LogP contribution in [0.1, 0.15) is 25.5 Å². The van der Waals surface area contributed by atoms with Gasteiger partial charge in [0.25, 0.3) is 0 Å². The third kappa shape index (κ3) is 1.45. The van der Waals surface area contributed by atoms with Gasteiger partial charge in [-0.05, 0) is 18.1 Å². The molecule has 0 saturated heterocycles. The van der Waals surface area contributed by atoms with Crippen LogP contribution >= 0.6 is 0 Å². The highest BCUT2D eigenvalue weighted by Gasteiger charge is 2.05. The average Bonchev–Trinajstić information content (AvgIpc) is 2.59. The van der Waals surface area contributed by atoms with E-state index in [1.807, 2.05) is 12.1 Å². The normalized spacial score (nSPS) is 11.1. The van der Waals surface area contributed by atoms with E-state index in [0.717, 1.165) is 11.0 Å². The summed E-state index contributed by atoms with van der Waals surface area (Å²) in [5.74, 6) is 1.15. The highest BCUT2D eigenvalue weighted by atomic mass is 16.5. The van der Waals surface area contributed by atoms with Gasteiger partial charge in [0.1, 0.15) is 0 Å². The molecule has 3 nitrogen and oxygen atoms in total. The van der Waals surface area contributed by atoms with E-state index in [4.69, 9.17) is 4.74 Å². The third-order valence-electron chi connectivity index (χ3n) is 2.30. The summed E-state index contributed by atoms with van der Waals surface area (Å²) in [6.07, 6.45) is 0. The molecule has 0 amide bonds. The molecule has 0 unspecified atom stereocenters. The van der Waals surface area contributed by atoms with Crippen molar-refractivity contribution < 1.29 is 4.74 Å². The first-order chi connectivity index (χ1) is 6.70. The van der Waals surface area contributed by atoms with Crippen LogP contribution in [0, 0.1) is 0 Å². The van der Waals surface area contributed by atoms with Crippen LogP contribution in [-0.4, -0.2) is 17.1 Å². The van der Waals surface area contributed by atoms with Gasteiger partial charge >= 0.3 is 0 Å². The Bertz CT molecular complexity index is 445. The molecule has 0 bridgehead atoms. The Morgan fingerprint density at radius 2 is 2.14 bits per heavy atom. The summed E-state index contributed by atoms with van der Waals surface area (Å²) in [7, 11) is 1.63. The smallest absolute Gasteiger partial charge is 0.213 e. The van der Waals surface area contributed by atoms with Crippen LogP contribution in [0.2, 0.25) is 0 Å². The fraction of sp³-hybridized carbons (Fsp3) is 0.364. The van der Waals surface area contributed by atoms with Crippen LogP contribution in [-0.2, 0) is 0 Å². The summed E-state index contributed by atoms with van der Waals surface area (Å²) in [5, 5.41) is 0. The Labute approximate surface area is 83.1 Å². The number of aromatic amines is 1. The number of methoxy groups -OCH3 is 1. The quantitative estimate of drug-likeness (QED) is 0.790. The largest absolute Gasteiger partial charge is 0.481 e. The first kappa shape index (κ1) is 9.06. The van der Waals surface area contributed by atoms with Crippen molar-refractivity contribution in [3.05, 3.63) is 23.9 Å². The van der Waals surface area contributed by atoms with E-state index in [1.165, 1.54) is 5.69 Å². The number of rotatable bonds is 2. The number of hydrogen-bond donors (Lipinski definition) is 1. The number of nitrogens with one attached hydrogen (secondary N) is 1. The molecule has 3 heteroatoms. The molecule has 1 N–H and O–H groups in total. The molecule has 0 saturated carbocycles. The second-order valence-corrected chi connectivity index (χ2v) is 3.67. The molecule has 0 fully saturated rings. The first-order valence-electron chi connectivity index (χ1n) is 4.74. The number of nitrogens with zero attached hydrogens (tertiary/aromatic N) is 1. The molecule has 0 radical (unpaired) electrons. The fourth-order valence-electron chi connectivity index (χ4n) is 1.44. The van der Waals surface area contributed by atoms with E-state index in [-0.39, 0.29) is 0 Å². The summed E-state index contributed by atoms with van der Waals surface area (Å²) in [6.45, 7) is 4.31. The Balaban J connectivity index is 2.54. The zero-order valence-corrected chi connectivity index (χ0v) is 8.66. The van der Waals surface area contributed by atoms with E-state index < -0.39 is 0 Å². The number of aromatic nitrogens is 2. The van der Waals surface area contributed by atoms with Crippen molar-refractivity contribution in [1.29, 1.82) is 0 Å². The van der Waals surface area contributed by atoms with Crippen molar-refractivity contribution in [2.24, 2.45) is 0 Å². The van der Waals surface area contributed by atoms with Crippen molar-refractivity contribution >= 4 is 11.0 Å². The maximum absolute atomic E-state index is 5.07. The molecule has 74 valence electrons. The van der Waals surface area contributed by atoms with E-state index in [2.05, 4.69) is 29.9 Å². The Morgan fingerprint density at radius 3 is 2.79 bits per heavy atom. The number of H-pyrrole nitrogens is 1. The molecular formula is C11H14N2O. The molecule has 0 aliphatic heterocycles. The van der Waals surface area contributed by atoms with Gasteiger partial charge in [0, 0.05) is 11.8 Å². The van der Waals surface area contributed by atoms with Gasteiger partial charge in [-0.2, -0.15) is 0 Å². The molecule has 0 aromatic carbocycles. The third-order valence-corrected chi connectivity index (χ3v) is 2.30. The maximum Gasteiger partial charge on any atom is 0.213 e. The molecule has 0 aliphatic rings. The number of ether oxygens (including phenoxy) is 1. The average molecular weight is 190 g/mol. The van der Waals surface area contributed by atoms with Gasteiger partial charge in [-0.1, -0.05) is 13.8 Å². The van der Waals surface area contributed by atoms with Gasteiger partial charge in [0.05, 0.1) is 18.1 Å². The number of pyridine rings is 1. The predicted molar refractivity (Wildman–Crippen MR) is 56.7 cm³/mol. The lowest BCUT2D eigenvalue weighted by molar-refractivity contribution is 0.399. The second kappa shape index (κ2) is 3.33. The SMILES string of the molecule is COc1ccc2[nH]c(C(C)C)cc2n1. The molecule has 0 atom stereocenters. The summed E-state index contributed by atoms with van der Waals surface area (Å²) in [5.41, 5.74) is 3.24. The topological polar surface area (TPSA) is 37.9 Å². The lowest BCUT2D eigenvalue weighted by Gasteiger charge is -1.97. The van der Waals surface area contributed by atoms with E-state index >= 15 is 0 Å². The van der Waals surface area contributed by atoms with E-state index in [0.29, 0.717) is 11.8 Å². The van der Waals surface area contributed by atoms with Crippen molar-refractivity contribution in [2.75, 3.05) is 7.11 Å². The van der Waals surface area contributed by atoms with Crippen molar-refractivity contribution in [3.63, 3.8) is 0 Å². The molecular weight excluding hydrogens is 176 g/mol. The Hall–Kier alpha value is -1.51. The van der Waals surface area contributed by atoms with E-state index in [9.17, 15) is 0 Å². The number of fused-ring (bicyclic) bond motifs is 1. The molecule has 14 heavy (non-hydrogen) atoms. The minimum Gasteiger partial charge on any atom is -0.481 e. The molecule has 2 rings (SSSR count). The first-order valence-corrected chi connectivity index (χ1v) is 4.74. The number of hydrogen-bond acceptors (Lipinski definition) is 2. The van der Waals surface area contributed by atoms with Crippen LogP contribution in [0.15, 0.2) is 18.2 Å². The molecule has 2 heterocycles. The van der Waals surface area contributed by atoms with Crippen molar-refractivity contribution in [3.8, 4) is 5.88 Å². The summed E-state index contributed by atoms with van der Waals surface area (Å²) >= 11 is 0. The van der Waals surface area contributed by atoms with Crippen LogP contribution in [0.3, 0.4) is 0 Å². The summed E-state index contributed by atoms with van der Waals surface area (Å²) < 4.78 is 5.07. The lowest BCUT2D eigenvalue weighted by atomic mass is 10.1. The zero-order chi connectivity index (χ0) is 10.1. The lowest BCUT2D eigenvalue weighted by Crippen LogP contribution is -1.85. The van der Waals surface area contributed by atoms with Gasteiger partial charge in [-0.25, -0.2) is 4.98 Å². The highest BCUT2D eigenvalue weighted by Crippen LogP contribution is 2.21. The van der Waals surface area contributed by atoms with Gasteiger partial charge in [0.2, 0.25) is 5.88 Å². The van der Waals surface area contributed by atoms with E-state index in [1.54, 1.807) is 7.11 Å². The summed E-state index contributed by atoms with van der Waals surface area (Å²) in [4.78, 5) is 7.67. The van der Waals surface area contributed by atoms with Crippen LogP contribution < -0.4 is 4.74 Å². The Morgan fingerprint density at radius 1 is 1.36 bits per heavy atom. The van der Waals surface area contributed by atoms with Crippen LogP contribution in [0.4, 0.5) is 0 Å². The minimum atomic E-state index is 0.496. The van der Waals surface area contributed by atoms with Gasteiger partial charge in [-0.15, -0.1) is 0 Å². The molecule has 2 aromatic rings. The van der Waals surface area contributed by atoms with Gasteiger partial charge < -0.3 is 9.72 Å². The Kier molecular flexibility index (Phi) is 2.15. The van der Waals surface area contributed by atoms with Crippen LogP contribution in [0.25, 0.3) is 11.0 Å². The maximum atomic E-state index is 5.07. The second-order valence-electron chi connectivity index (χ2n) is 3.67. The highest BCUT2D eigenvalue weighted by molar-refractivity contribution is 5.76. The van der Waals surface area contributed by atoms with Gasteiger partial charge in [0.15, 0.2) is 0 Å². The van der Waals surface area contributed by atoms with Gasteiger partial charge in [-0.3, -0.25) is 0 Å². The van der Waals surface area contributed by atoms with Crippen LogP contribution in [0.5, 0.6) is 5.88 Å². The molecule has 2 aromatic heterocycles. The molecule has 0 aliphatic carbocycles. The summed E-state index contributed by atoms with van der Waals surface area (Å²) in [6, 6.07) is 5.93. The minimum absolute atomic E-state index is 0.496. The zero-order valence-electron chi connectivity index (χ0n) is 8.66. The standard InChI is InChI=1S/C11H14N2O/c1-7(2)9-6-10-8(12-9)4-5-11(13-10)14-3/h4-7,12H,1-3H3. The predicted octanol–water partition coefficient (Wildman–Crippen LogP) is 2.69. The molecule has 0 spiro atoms. The van der Waals surface area contributed by atoms with Crippen molar-refractivity contribution in [1.82, 2.24) is 9.97 Å². The fourth-order valence-corrected chi connectivity index (χ4v) is 1.44. The monoisotopic (exact) mass is 190 g/mol. The van der Waals surface area contributed by atoms with Crippen molar-refractivity contribution in [2.45, 2.75) is 19.8 Å².